The zero-order valence-corrected chi connectivity index (χ0v) is 14.7. The van der Waals surface area contributed by atoms with Gasteiger partial charge < -0.3 is 10.6 Å². The molecule has 23 heavy (non-hydrogen) atoms. The van der Waals surface area contributed by atoms with Gasteiger partial charge in [-0.15, -0.1) is 12.4 Å². The van der Waals surface area contributed by atoms with Crippen molar-refractivity contribution in [2.75, 3.05) is 33.2 Å². The van der Waals surface area contributed by atoms with E-state index in [2.05, 4.69) is 77.5 Å². The fourth-order valence-corrected chi connectivity index (χ4v) is 2.58. The minimum atomic E-state index is 0. The summed E-state index contributed by atoms with van der Waals surface area (Å²) in [6.07, 6.45) is 0. The van der Waals surface area contributed by atoms with Crippen LogP contribution < -0.4 is 5.73 Å². The van der Waals surface area contributed by atoms with Gasteiger partial charge >= 0.3 is 0 Å². The van der Waals surface area contributed by atoms with Crippen LogP contribution in [0.4, 0.5) is 0 Å². The van der Waals surface area contributed by atoms with Gasteiger partial charge in [0, 0.05) is 39.3 Å². The number of hydrogen-bond donors (Lipinski definition) is 1. The van der Waals surface area contributed by atoms with Crippen LogP contribution in [0, 0.1) is 0 Å². The van der Waals surface area contributed by atoms with E-state index in [1.807, 2.05) is 0 Å². The summed E-state index contributed by atoms with van der Waals surface area (Å²) in [5.41, 5.74) is 8.47. The molecule has 0 saturated carbocycles. The number of likely N-dealkylation sites (N-methyl/N-ethyl adjacent to an activating group) is 1. The van der Waals surface area contributed by atoms with Crippen LogP contribution in [0.15, 0.2) is 60.7 Å². The molecule has 2 aromatic carbocycles. The summed E-state index contributed by atoms with van der Waals surface area (Å²) >= 11 is 0. The SMILES string of the molecule is CN(CCN(CCN)Cc1ccccc1)Cc1ccccc1.Cl. The molecule has 2 rings (SSSR count). The second-order valence-electron chi connectivity index (χ2n) is 5.77. The Kier molecular flexibility index (Phi) is 9.57. The average molecular weight is 334 g/mol. The second-order valence-corrected chi connectivity index (χ2v) is 5.77. The van der Waals surface area contributed by atoms with Gasteiger partial charge in [-0.05, 0) is 18.2 Å². The normalized spacial score (nSPS) is 10.8. The third kappa shape index (κ3) is 7.62. The van der Waals surface area contributed by atoms with Crippen molar-refractivity contribution in [1.29, 1.82) is 0 Å². The first-order chi connectivity index (χ1) is 10.8. The summed E-state index contributed by atoms with van der Waals surface area (Å²) in [5, 5.41) is 0. The van der Waals surface area contributed by atoms with E-state index in [1.165, 1.54) is 11.1 Å². The minimum Gasteiger partial charge on any atom is -0.329 e. The molecule has 0 spiro atoms. The van der Waals surface area contributed by atoms with Crippen molar-refractivity contribution >= 4 is 12.4 Å². The molecular weight excluding hydrogens is 306 g/mol. The first kappa shape index (κ1) is 19.7. The van der Waals surface area contributed by atoms with Crippen LogP contribution in [0.5, 0.6) is 0 Å². The molecule has 0 bridgehead atoms. The van der Waals surface area contributed by atoms with Gasteiger partial charge in [-0.2, -0.15) is 0 Å². The van der Waals surface area contributed by atoms with Crippen LogP contribution in [0.3, 0.4) is 0 Å². The van der Waals surface area contributed by atoms with Gasteiger partial charge in [0.15, 0.2) is 0 Å². The number of benzene rings is 2. The first-order valence-electron chi connectivity index (χ1n) is 7.97. The summed E-state index contributed by atoms with van der Waals surface area (Å²) in [4.78, 5) is 4.79. The molecule has 0 aliphatic rings. The number of nitrogens with zero attached hydrogens (tertiary/aromatic N) is 2. The Morgan fingerprint density at radius 3 is 1.78 bits per heavy atom. The Hall–Kier alpha value is -1.39. The minimum absolute atomic E-state index is 0. The molecule has 2 aromatic rings. The van der Waals surface area contributed by atoms with Gasteiger partial charge in [0.25, 0.3) is 0 Å². The maximum absolute atomic E-state index is 5.76. The topological polar surface area (TPSA) is 32.5 Å². The molecule has 3 nitrogen and oxygen atoms in total. The van der Waals surface area contributed by atoms with Gasteiger partial charge in [-0.25, -0.2) is 0 Å². The lowest BCUT2D eigenvalue weighted by Gasteiger charge is -2.25. The van der Waals surface area contributed by atoms with Crippen LogP contribution in [-0.4, -0.2) is 43.0 Å². The first-order valence-corrected chi connectivity index (χ1v) is 7.97. The van der Waals surface area contributed by atoms with E-state index in [9.17, 15) is 0 Å². The average Bonchev–Trinajstić information content (AvgIpc) is 2.55. The van der Waals surface area contributed by atoms with Gasteiger partial charge in [0.2, 0.25) is 0 Å². The standard InChI is InChI=1S/C19H27N3.ClH/c1-21(16-18-8-4-2-5-9-18)14-15-22(13-12-20)17-19-10-6-3-7-11-19;/h2-11H,12-17,20H2,1H3;1H. The molecule has 4 heteroatoms. The molecule has 0 saturated heterocycles. The maximum Gasteiger partial charge on any atom is 0.0234 e. The van der Waals surface area contributed by atoms with Gasteiger partial charge in [-0.3, -0.25) is 4.90 Å². The monoisotopic (exact) mass is 333 g/mol. The summed E-state index contributed by atoms with van der Waals surface area (Å²) in [6, 6.07) is 21.2. The van der Waals surface area contributed by atoms with E-state index in [0.717, 1.165) is 32.7 Å². The highest BCUT2D eigenvalue weighted by Crippen LogP contribution is 2.06. The largest absolute Gasteiger partial charge is 0.329 e. The highest BCUT2D eigenvalue weighted by atomic mass is 35.5. The highest BCUT2D eigenvalue weighted by molar-refractivity contribution is 5.85. The number of hydrogen-bond acceptors (Lipinski definition) is 3. The van der Waals surface area contributed by atoms with E-state index in [4.69, 9.17) is 5.73 Å². The van der Waals surface area contributed by atoms with Crippen molar-refractivity contribution in [3.05, 3.63) is 71.8 Å². The van der Waals surface area contributed by atoms with Crippen LogP contribution in [0.25, 0.3) is 0 Å². The fraction of sp³-hybridized carbons (Fsp3) is 0.368. The quantitative estimate of drug-likeness (QED) is 0.765. The summed E-state index contributed by atoms with van der Waals surface area (Å²) in [7, 11) is 2.18. The third-order valence-corrected chi connectivity index (χ3v) is 3.79. The van der Waals surface area contributed by atoms with Crippen molar-refractivity contribution in [3.63, 3.8) is 0 Å². The Balaban J connectivity index is 0.00000264. The van der Waals surface area contributed by atoms with E-state index in [-0.39, 0.29) is 12.4 Å². The van der Waals surface area contributed by atoms with Crippen LogP contribution in [-0.2, 0) is 13.1 Å². The Morgan fingerprint density at radius 2 is 1.26 bits per heavy atom. The molecule has 0 radical (unpaired) electrons. The van der Waals surface area contributed by atoms with E-state index in [0.29, 0.717) is 6.54 Å². The molecule has 0 unspecified atom stereocenters. The second kappa shape index (κ2) is 11.2. The number of halogens is 1. The fourth-order valence-electron chi connectivity index (χ4n) is 2.58. The molecule has 2 N–H and O–H groups in total. The lowest BCUT2D eigenvalue weighted by molar-refractivity contribution is 0.219. The van der Waals surface area contributed by atoms with Gasteiger partial charge in [0.05, 0.1) is 0 Å². The van der Waals surface area contributed by atoms with Crippen LogP contribution >= 0.6 is 12.4 Å². The van der Waals surface area contributed by atoms with E-state index in [1.54, 1.807) is 0 Å². The van der Waals surface area contributed by atoms with E-state index < -0.39 is 0 Å². The van der Waals surface area contributed by atoms with Crippen molar-refractivity contribution in [2.24, 2.45) is 5.73 Å². The van der Waals surface area contributed by atoms with Gasteiger partial charge in [-0.1, -0.05) is 60.7 Å². The summed E-state index contributed by atoms with van der Waals surface area (Å²) in [5.74, 6) is 0. The molecule has 0 atom stereocenters. The predicted molar refractivity (Wildman–Crippen MR) is 101 cm³/mol. The molecule has 0 heterocycles. The predicted octanol–water partition coefficient (Wildman–Crippen LogP) is 3.00. The molecule has 126 valence electrons. The van der Waals surface area contributed by atoms with Crippen molar-refractivity contribution in [2.45, 2.75) is 13.1 Å². The lowest BCUT2D eigenvalue weighted by Crippen LogP contribution is -2.35. The number of rotatable bonds is 9. The molecule has 0 aliphatic carbocycles. The van der Waals surface area contributed by atoms with Crippen molar-refractivity contribution in [3.8, 4) is 0 Å². The smallest absolute Gasteiger partial charge is 0.0234 e. The Labute approximate surface area is 146 Å². The maximum atomic E-state index is 5.76. The summed E-state index contributed by atoms with van der Waals surface area (Å²) < 4.78 is 0. The zero-order valence-electron chi connectivity index (χ0n) is 13.9. The summed E-state index contributed by atoms with van der Waals surface area (Å²) in [6.45, 7) is 5.68. The van der Waals surface area contributed by atoms with Crippen molar-refractivity contribution in [1.82, 2.24) is 9.80 Å². The Bertz CT molecular complexity index is 519. The zero-order chi connectivity index (χ0) is 15.6. The van der Waals surface area contributed by atoms with Crippen LogP contribution in [0.2, 0.25) is 0 Å². The molecule has 0 amide bonds. The molecule has 0 aliphatic heterocycles. The number of nitrogens with two attached hydrogens (primary N) is 1. The van der Waals surface area contributed by atoms with Gasteiger partial charge in [0.1, 0.15) is 0 Å². The lowest BCUT2D eigenvalue weighted by atomic mass is 10.2. The molecular formula is C19H28ClN3. The third-order valence-electron chi connectivity index (χ3n) is 3.79. The highest BCUT2D eigenvalue weighted by Gasteiger charge is 2.07. The molecule has 0 fully saturated rings. The van der Waals surface area contributed by atoms with Crippen molar-refractivity contribution < 1.29 is 0 Å². The molecule has 0 aromatic heterocycles. The van der Waals surface area contributed by atoms with Crippen LogP contribution in [0.1, 0.15) is 11.1 Å². The Morgan fingerprint density at radius 1 is 0.739 bits per heavy atom. The van der Waals surface area contributed by atoms with E-state index >= 15 is 0 Å².